The zero-order chi connectivity index (χ0) is 23.5. The van der Waals surface area contributed by atoms with Gasteiger partial charge in [0.2, 0.25) is 0 Å². The van der Waals surface area contributed by atoms with Crippen LogP contribution in [-0.2, 0) is 10.8 Å². The van der Waals surface area contributed by atoms with Crippen molar-refractivity contribution in [3.05, 3.63) is 58.4 Å². The zero-order valence-electron chi connectivity index (χ0n) is 18.2. The van der Waals surface area contributed by atoms with Crippen molar-refractivity contribution in [2.75, 3.05) is 30.5 Å². The molecule has 2 aromatic carbocycles. The highest BCUT2D eigenvalue weighted by Crippen LogP contribution is 2.36. The van der Waals surface area contributed by atoms with E-state index in [0.29, 0.717) is 31.9 Å². The molecule has 3 aromatic rings. The van der Waals surface area contributed by atoms with Crippen LogP contribution in [0.3, 0.4) is 0 Å². The Morgan fingerprint density at radius 2 is 1.88 bits per heavy atom. The number of carbonyl (C=O) groups excluding carboxylic acids is 1. The van der Waals surface area contributed by atoms with Crippen LogP contribution in [-0.4, -0.2) is 40.7 Å². The Bertz CT molecular complexity index is 1140. The molecule has 0 saturated carbocycles. The van der Waals surface area contributed by atoms with Gasteiger partial charge >= 0.3 is 0 Å². The third-order valence-corrected chi connectivity index (χ3v) is 6.80. The Morgan fingerprint density at radius 1 is 1.19 bits per heavy atom. The van der Waals surface area contributed by atoms with Crippen LogP contribution >= 0.6 is 22.9 Å². The maximum Gasteiger partial charge on any atom is 0.267 e. The molecular formula is C23H25ClN2O4S2. The highest BCUT2D eigenvalue weighted by atomic mass is 35.5. The molecular weight excluding hydrogens is 468 g/mol. The monoisotopic (exact) mass is 492 g/mol. The van der Waals surface area contributed by atoms with E-state index in [-0.39, 0.29) is 12.5 Å². The highest BCUT2D eigenvalue weighted by molar-refractivity contribution is 7.84. The van der Waals surface area contributed by atoms with E-state index in [1.54, 1.807) is 39.1 Å². The first kappa shape index (κ1) is 24.3. The van der Waals surface area contributed by atoms with Gasteiger partial charge in [0.15, 0.2) is 0 Å². The van der Waals surface area contributed by atoms with Crippen molar-refractivity contribution >= 4 is 51.0 Å². The summed E-state index contributed by atoms with van der Waals surface area (Å²) < 4.78 is 17.9. The normalized spacial score (nSPS) is 12.3. The van der Waals surface area contributed by atoms with Gasteiger partial charge in [-0.05, 0) is 55.8 Å². The molecule has 0 aliphatic rings. The fraction of sp³-hybridized carbons (Fsp3) is 0.261. The first-order valence-electron chi connectivity index (χ1n) is 9.79. The molecule has 0 fully saturated rings. The van der Waals surface area contributed by atoms with Crippen LogP contribution in [0.4, 0.5) is 11.4 Å². The predicted octanol–water partition coefficient (Wildman–Crippen LogP) is 5.25. The number of amides is 1. The van der Waals surface area contributed by atoms with Crippen LogP contribution in [0, 0.1) is 0 Å². The Balaban J connectivity index is 1.84. The van der Waals surface area contributed by atoms with E-state index < -0.39 is 16.4 Å². The molecule has 170 valence electrons. The van der Waals surface area contributed by atoms with Crippen molar-refractivity contribution in [1.82, 2.24) is 0 Å². The van der Waals surface area contributed by atoms with Gasteiger partial charge in [-0.2, -0.15) is 0 Å². The van der Waals surface area contributed by atoms with Crippen LogP contribution in [0.15, 0.2) is 53.4 Å². The highest BCUT2D eigenvalue weighted by Gasteiger charge is 2.19. The number of hydrogen-bond donors (Lipinski definition) is 3. The van der Waals surface area contributed by atoms with E-state index in [1.165, 1.54) is 17.6 Å². The Hall–Kier alpha value is -2.39. The molecule has 9 heteroatoms. The molecule has 6 nitrogen and oxygen atoms in total. The molecule has 3 rings (SSSR count). The second-order valence-corrected chi connectivity index (χ2v) is 10.6. The van der Waals surface area contributed by atoms with E-state index >= 15 is 0 Å². The van der Waals surface area contributed by atoms with Crippen LogP contribution in [0.25, 0.3) is 10.4 Å². The number of thiophene rings is 1. The second kappa shape index (κ2) is 10.0. The van der Waals surface area contributed by atoms with E-state index in [9.17, 15) is 14.1 Å². The van der Waals surface area contributed by atoms with Crippen molar-refractivity contribution in [3.63, 3.8) is 0 Å². The van der Waals surface area contributed by atoms with Gasteiger partial charge in [-0.25, -0.2) is 0 Å². The fourth-order valence-electron chi connectivity index (χ4n) is 2.87. The first-order valence-corrected chi connectivity index (χ1v) is 12.5. The summed E-state index contributed by atoms with van der Waals surface area (Å²) in [6.07, 6.45) is 1.54. The third-order valence-electron chi connectivity index (χ3n) is 4.43. The van der Waals surface area contributed by atoms with Crippen LogP contribution in [0.2, 0.25) is 5.02 Å². The van der Waals surface area contributed by atoms with E-state index in [4.69, 9.17) is 16.3 Å². The fourth-order valence-corrected chi connectivity index (χ4v) is 4.77. The first-order chi connectivity index (χ1) is 15.1. The maximum absolute atomic E-state index is 13.0. The number of halogens is 1. The van der Waals surface area contributed by atoms with Gasteiger partial charge in [0.1, 0.15) is 17.2 Å². The quantitative estimate of drug-likeness (QED) is 0.399. The number of aliphatic hydroxyl groups is 1. The summed E-state index contributed by atoms with van der Waals surface area (Å²) in [5.41, 5.74) is 1.15. The molecule has 0 aliphatic heterocycles. The number of hydrogen-bond acceptors (Lipinski definition) is 6. The summed E-state index contributed by atoms with van der Waals surface area (Å²) in [4.78, 5) is 14.9. The molecule has 0 radical (unpaired) electrons. The minimum atomic E-state index is -1.35. The average molecular weight is 493 g/mol. The number of nitrogens with one attached hydrogen (secondary N) is 2. The minimum Gasteiger partial charge on any atom is -0.489 e. The molecule has 0 aliphatic carbocycles. The van der Waals surface area contributed by atoms with Gasteiger partial charge in [-0.15, -0.1) is 11.3 Å². The van der Waals surface area contributed by atoms with Crippen molar-refractivity contribution in [1.29, 1.82) is 0 Å². The topological polar surface area (TPSA) is 87.7 Å². The lowest BCUT2D eigenvalue weighted by Crippen LogP contribution is -2.28. The molecule has 1 aromatic heterocycles. The summed E-state index contributed by atoms with van der Waals surface area (Å²) in [6, 6.07) is 14.3. The molecule has 1 heterocycles. The lowest BCUT2D eigenvalue weighted by atomic mass is 10.2. The number of carbonyl (C=O) groups is 1. The molecule has 1 amide bonds. The zero-order valence-corrected chi connectivity index (χ0v) is 20.6. The summed E-state index contributed by atoms with van der Waals surface area (Å²) in [5.74, 6) is 0.126. The van der Waals surface area contributed by atoms with Crippen molar-refractivity contribution in [2.45, 2.75) is 24.3 Å². The number of anilines is 2. The predicted molar refractivity (Wildman–Crippen MR) is 133 cm³/mol. The van der Waals surface area contributed by atoms with Gasteiger partial charge in [0.05, 0.1) is 27.0 Å². The maximum atomic E-state index is 13.0. The largest absolute Gasteiger partial charge is 0.489 e. The number of ether oxygens (including phenoxy) is 1. The van der Waals surface area contributed by atoms with Gasteiger partial charge in [0, 0.05) is 28.9 Å². The summed E-state index contributed by atoms with van der Waals surface area (Å²) in [6.45, 7) is 3.31. The third kappa shape index (κ3) is 6.10. The van der Waals surface area contributed by atoms with E-state index in [0.717, 1.165) is 10.4 Å². The minimum absolute atomic E-state index is 0.0527. The Morgan fingerprint density at radius 3 is 2.47 bits per heavy atom. The standard InChI is InChI=1S/C23H25ClN2O4S2/c1-23(2,28)13-30-18-10-9-16(11-20(18)32(4)29)26-22(27)21-17(25-3)12-19(31-21)14-5-7-15(24)8-6-14/h5-12,25,28H,13H2,1-4H3,(H,26,27). The van der Waals surface area contributed by atoms with Crippen LogP contribution < -0.4 is 15.4 Å². The Labute approximate surface area is 199 Å². The summed E-state index contributed by atoms with van der Waals surface area (Å²) in [7, 11) is 0.416. The molecule has 3 N–H and O–H groups in total. The lowest BCUT2D eigenvalue weighted by Gasteiger charge is -2.19. The average Bonchev–Trinajstić information content (AvgIpc) is 3.17. The molecule has 0 spiro atoms. The SMILES string of the molecule is CNc1cc(-c2ccc(Cl)cc2)sc1C(=O)Nc1ccc(OCC(C)(C)O)c(S(C)=O)c1. The van der Waals surface area contributed by atoms with Crippen molar-refractivity contribution in [3.8, 4) is 16.2 Å². The second-order valence-electron chi connectivity index (χ2n) is 7.78. The van der Waals surface area contributed by atoms with Crippen molar-refractivity contribution < 1.29 is 18.8 Å². The summed E-state index contributed by atoms with van der Waals surface area (Å²) in [5, 5.41) is 16.5. The molecule has 1 unspecified atom stereocenters. The van der Waals surface area contributed by atoms with Crippen LogP contribution in [0.1, 0.15) is 23.5 Å². The smallest absolute Gasteiger partial charge is 0.267 e. The molecule has 1 atom stereocenters. The molecule has 32 heavy (non-hydrogen) atoms. The van der Waals surface area contributed by atoms with E-state index in [2.05, 4.69) is 10.6 Å². The van der Waals surface area contributed by atoms with Crippen molar-refractivity contribution in [2.24, 2.45) is 0 Å². The number of benzene rings is 2. The molecule has 0 saturated heterocycles. The summed E-state index contributed by atoms with van der Waals surface area (Å²) >= 11 is 7.34. The van der Waals surface area contributed by atoms with Gasteiger partial charge in [0.25, 0.3) is 5.91 Å². The Kier molecular flexibility index (Phi) is 7.61. The van der Waals surface area contributed by atoms with Gasteiger partial charge < -0.3 is 20.5 Å². The van der Waals surface area contributed by atoms with Gasteiger partial charge in [-0.1, -0.05) is 23.7 Å². The van der Waals surface area contributed by atoms with Crippen LogP contribution in [0.5, 0.6) is 5.75 Å². The van der Waals surface area contributed by atoms with Gasteiger partial charge in [-0.3, -0.25) is 9.00 Å². The number of rotatable bonds is 8. The lowest BCUT2D eigenvalue weighted by molar-refractivity contribution is 0.0275. The van der Waals surface area contributed by atoms with E-state index in [1.807, 2.05) is 30.3 Å². The molecule has 0 bridgehead atoms.